The maximum Gasteiger partial charge on any atom is 0.277 e. The van der Waals surface area contributed by atoms with Crippen LogP contribution in [0.25, 0.3) is 10.8 Å². The summed E-state index contributed by atoms with van der Waals surface area (Å²) in [7, 11) is 0. The van der Waals surface area contributed by atoms with Crippen molar-refractivity contribution in [3.63, 3.8) is 0 Å². The normalized spacial score (nSPS) is 14.9. The molecule has 4 rings (SSSR count). The first kappa shape index (κ1) is 18.3. The van der Waals surface area contributed by atoms with Gasteiger partial charge in [-0.2, -0.15) is 0 Å². The van der Waals surface area contributed by atoms with Crippen molar-refractivity contribution in [2.75, 3.05) is 5.75 Å². The van der Waals surface area contributed by atoms with Gasteiger partial charge >= 0.3 is 0 Å². The lowest BCUT2D eigenvalue weighted by Crippen LogP contribution is -2.40. The molecule has 0 N–H and O–H groups in total. The summed E-state index contributed by atoms with van der Waals surface area (Å²) in [6.45, 7) is 2.80. The van der Waals surface area contributed by atoms with E-state index in [1.54, 1.807) is 11.3 Å². The number of thiophene rings is 1. The first-order chi connectivity index (χ1) is 13.2. The highest BCUT2D eigenvalue weighted by atomic mass is 32.2. The molecular formula is C20H21N3O2S2. The topological polar surface area (TPSA) is 59.2 Å². The molecule has 27 heavy (non-hydrogen) atoms. The zero-order valence-electron chi connectivity index (χ0n) is 15.1. The van der Waals surface area contributed by atoms with Crippen molar-refractivity contribution in [3.05, 3.63) is 53.4 Å². The number of amides is 1. The van der Waals surface area contributed by atoms with E-state index in [-0.39, 0.29) is 11.9 Å². The number of carbonyl (C=O) groups excluding carboxylic acids is 1. The first-order valence-electron chi connectivity index (χ1n) is 9.04. The molecule has 1 aliphatic rings. The number of nitrogens with zero attached hydrogens (tertiary/aromatic N) is 3. The summed E-state index contributed by atoms with van der Waals surface area (Å²) < 4.78 is 5.68. The van der Waals surface area contributed by atoms with Gasteiger partial charge in [0.2, 0.25) is 5.91 Å². The average molecular weight is 400 g/mol. The molecule has 0 saturated heterocycles. The van der Waals surface area contributed by atoms with E-state index in [4.69, 9.17) is 4.42 Å². The number of rotatable bonds is 8. The van der Waals surface area contributed by atoms with Gasteiger partial charge in [-0.15, -0.1) is 21.5 Å². The molecule has 1 aromatic carbocycles. The summed E-state index contributed by atoms with van der Waals surface area (Å²) in [5.74, 6) is 1.54. The number of benzene rings is 1. The third kappa shape index (κ3) is 4.59. The summed E-state index contributed by atoms with van der Waals surface area (Å²) in [6.07, 6.45) is 2.42. The molecule has 1 saturated carbocycles. The largest absolute Gasteiger partial charge is 0.410 e. The molecule has 1 fully saturated rings. The fourth-order valence-corrected chi connectivity index (χ4v) is 4.34. The molecule has 1 atom stereocenters. The minimum absolute atomic E-state index is 0.110. The van der Waals surface area contributed by atoms with Crippen molar-refractivity contribution in [3.8, 4) is 10.8 Å². The van der Waals surface area contributed by atoms with E-state index in [2.05, 4.69) is 29.3 Å². The molecule has 1 unspecified atom stereocenters. The Morgan fingerprint density at radius 3 is 2.78 bits per heavy atom. The monoisotopic (exact) mass is 399 g/mol. The van der Waals surface area contributed by atoms with Gasteiger partial charge in [0.05, 0.1) is 10.6 Å². The summed E-state index contributed by atoms with van der Waals surface area (Å²) in [4.78, 5) is 15.9. The van der Waals surface area contributed by atoms with Crippen LogP contribution in [0, 0.1) is 5.92 Å². The van der Waals surface area contributed by atoms with E-state index < -0.39 is 0 Å². The molecule has 3 aromatic rings. The van der Waals surface area contributed by atoms with Crippen LogP contribution < -0.4 is 0 Å². The Bertz CT molecular complexity index is 876. The number of thioether (sulfide) groups is 1. The van der Waals surface area contributed by atoms with Crippen molar-refractivity contribution in [1.82, 2.24) is 15.1 Å². The van der Waals surface area contributed by atoms with Crippen LogP contribution in [-0.4, -0.2) is 32.8 Å². The molecule has 7 heteroatoms. The zero-order chi connectivity index (χ0) is 18.6. The predicted molar refractivity (Wildman–Crippen MR) is 108 cm³/mol. The van der Waals surface area contributed by atoms with E-state index in [1.165, 1.54) is 24.6 Å². The van der Waals surface area contributed by atoms with Gasteiger partial charge < -0.3 is 9.32 Å². The van der Waals surface area contributed by atoms with E-state index >= 15 is 0 Å². The second kappa shape index (κ2) is 8.27. The van der Waals surface area contributed by atoms with Crippen LogP contribution in [0.3, 0.4) is 0 Å². The lowest BCUT2D eigenvalue weighted by molar-refractivity contribution is -0.131. The summed E-state index contributed by atoms with van der Waals surface area (Å²) in [5.41, 5.74) is 1.15. The van der Waals surface area contributed by atoms with E-state index in [9.17, 15) is 4.79 Å². The number of carbonyl (C=O) groups is 1. The maximum absolute atomic E-state index is 12.9. The summed E-state index contributed by atoms with van der Waals surface area (Å²) in [6, 6.07) is 14.3. The summed E-state index contributed by atoms with van der Waals surface area (Å²) >= 11 is 2.86. The maximum atomic E-state index is 12.9. The van der Waals surface area contributed by atoms with Gasteiger partial charge in [-0.05, 0) is 42.7 Å². The van der Waals surface area contributed by atoms with Gasteiger partial charge in [0.25, 0.3) is 11.1 Å². The van der Waals surface area contributed by atoms with Crippen LogP contribution in [0.2, 0.25) is 0 Å². The lowest BCUT2D eigenvalue weighted by Gasteiger charge is -2.29. The average Bonchev–Trinajstić information content (AvgIpc) is 3.19. The van der Waals surface area contributed by atoms with E-state index in [0.29, 0.717) is 29.3 Å². The van der Waals surface area contributed by atoms with Gasteiger partial charge in [-0.1, -0.05) is 48.2 Å². The molecule has 0 bridgehead atoms. The molecule has 0 radical (unpaired) electrons. The molecule has 0 spiro atoms. The smallest absolute Gasteiger partial charge is 0.277 e. The van der Waals surface area contributed by atoms with Crippen LogP contribution >= 0.6 is 23.1 Å². The van der Waals surface area contributed by atoms with Crippen LogP contribution in [0.5, 0.6) is 0 Å². The predicted octanol–water partition coefficient (Wildman–Crippen LogP) is 4.72. The quantitative estimate of drug-likeness (QED) is 0.513. The van der Waals surface area contributed by atoms with Gasteiger partial charge in [0, 0.05) is 12.6 Å². The molecule has 140 valence electrons. The number of aromatic nitrogens is 2. The Morgan fingerprint density at radius 2 is 2.07 bits per heavy atom. The highest BCUT2D eigenvalue weighted by Crippen LogP contribution is 2.36. The zero-order valence-corrected chi connectivity index (χ0v) is 16.7. The minimum Gasteiger partial charge on any atom is -0.410 e. The lowest BCUT2D eigenvalue weighted by atomic mass is 10.1. The first-order valence-corrected chi connectivity index (χ1v) is 10.9. The molecule has 2 aromatic heterocycles. The highest BCUT2D eigenvalue weighted by molar-refractivity contribution is 7.99. The van der Waals surface area contributed by atoms with Crippen LogP contribution in [0.1, 0.15) is 25.3 Å². The number of hydrogen-bond donors (Lipinski definition) is 0. The van der Waals surface area contributed by atoms with Crippen LogP contribution in [0.4, 0.5) is 0 Å². The Labute approximate surface area is 166 Å². The Hall–Kier alpha value is -2.12. The van der Waals surface area contributed by atoms with Crippen molar-refractivity contribution in [1.29, 1.82) is 0 Å². The second-order valence-corrected chi connectivity index (χ2v) is 8.60. The van der Waals surface area contributed by atoms with Crippen molar-refractivity contribution in [2.24, 2.45) is 5.92 Å². The highest BCUT2D eigenvalue weighted by Gasteiger charge is 2.34. The summed E-state index contributed by atoms with van der Waals surface area (Å²) in [5, 5.41) is 10.5. The van der Waals surface area contributed by atoms with Gasteiger partial charge in [0.1, 0.15) is 0 Å². The number of hydrogen-bond acceptors (Lipinski definition) is 6. The van der Waals surface area contributed by atoms with Crippen LogP contribution in [0.15, 0.2) is 57.5 Å². The molecule has 0 aliphatic heterocycles. The third-order valence-electron chi connectivity index (χ3n) is 4.77. The Balaban J connectivity index is 1.40. The SMILES string of the molecule is CC(C1CC1)N(Cc1ccccc1)C(=O)CSc1nnc(-c2cccs2)o1. The molecule has 2 heterocycles. The molecular weight excluding hydrogens is 378 g/mol. The molecule has 5 nitrogen and oxygen atoms in total. The van der Waals surface area contributed by atoms with Crippen molar-refractivity contribution < 1.29 is 9.21 Å². The van der Waals surface area contributed by atoms with Crippen LogP contribution in [-0.2, 0) is 11.3 Å². The Kier molecular flexibility index (Phi) is 5.59. The fourth-order valence-electron chi connectivity index (χ4n) is 3.05. The molecule has 1 amide bonds. The fraction of sp³-hybridized carbons (Fsp3) is 0.350. The second-order valence-electron chi connectivity index (χ2n) is 6.72. The van der Waals surface area contributed by atoms with E-state index in [0.717, 1.165) is 10.4 Å². The Morgan fingerprint density at radius 1 is 1.26 bits per heavy atom. The van der Waals surface area contributed by atoms with Crippen molar-refractivity contribution >= 4 is 29.0 Å². The minimum atomic E-state index is 0.110. The van der Waals surface area contributed by atoms with Gasteiger partial charge in [-0.25, -0.2) is 0 Å². The molecule has 1 aliphatic carbocycles. The van der Waals surface area contributed by atoms with Gasteiger partial charge in [-0.3, -0.25) is 4.79 Å². The van der Waals surface area contributed by atoms with E-state index in [1.807, 2.05) is 40.6 Å². The standard InChI is InChI=1S/C20H21N3O2S2/c1-14(16-9-10-16)23(12-15-6-3-2-4-7-15)18(24)13-27-20-22-21-19(25-20)17-8-5-11-26-17/h2-8,11,14,16H,9-10,12-13H2,1H3. The van der Waals surface area contributed by atoms with Gasteiger partial charge in [0.15, 0.2) is 0 Å². The van der Waals surface area contributed by atoms with Crippen molar-refractivity contribution in [2.45, 2.75) is 37.6 Å². The third-order valence-corrected chi connectivity index (χ3v) is 6.43.